The average molecular weight is 454 g/mol. The summed E-state index contributed by atoms with van der Waals surface area (Å²) in [6.07, 6.45) is 2.95. The lowest BCUT2D eigenvalue weighted by Crippen LogP contribution is -2.41. The van der Waals surface area contributed by atoms with Gasteiger partial charge in [-0.3, -0.25) is 9.59 Å². The summed E-state index contributed by atoms with van der Waals surface area (Å²) in [5.41, 5.74) is 2.35. The van der Waals surface area contributed by atoms with E-state index < -0.39 is 10.0 Å². The molecule has 1 amide bonds. The SMILES string of the molecule is CCn1ccc2cc(NC(=O)C3CCN(S(=O)(=O)c4ccc(C(C)=O)cc4)CC3)ccc21. The minimum atomic E-state index is -3.65. The van der Waals surface area contributed by atoms with Gasteiger partial charge in [-0.15, -0.1) is 0 Å². The molecule has 2 aromatic carbocycles. The fourth-order valence-corrected chi connectivity index (χ4v) is 5.64. The van der Waals surface area contributed by atoms with Gasteiger partial charge >= 0.3 is 0 Å². The lowest BCUT2D eigenvalue weighted by Gasteiger charge is -2.30. The van der Waals surface area contributed by atoms with Crippen LogP contribution in [0.3, 0.4) is 0 Å². The molecule has 3 aromatic rings. The highest BCUT2D eigenvalue weighted by atomic mass is 32.2. The maximum Gasteiger partial charge on any atom is 0.243 e. The Morgan fingerprint density at radius 2 is 1.72 bits per heavy atom. The third-order valence-electron chi connectivity index (χ3n) is 6.10. The summed E-state index contributed by atoms with van der Waals surface area (Å²) in [7, 11) is -3.65. The smallest absolute Gasteiger partial charge is 0.243 e. The highest BCUT2D eigenvalue weighted by Crippen LogP contribution is 2.26. The van der Waals surface area contributed by atoms with Crippen molar-refractivity contribution in [3.63, 3.8) is 0 Å². The summed E-state index contributed by atoms with van der Waals surface area (Å²) in [5, 5.41) is 4.06. The standard InChI is InChI=1S/C24H27N3O4S/c1-3-26-13-10-20-16-21(6-9-23(20)26)25-24(29)19-11-14-27(15-12-19)32(30,31)22-7-4-18(5-8-22)17(2)28/h4-10,13,16,19H,3,11-12,14-15H2,1-2H3,(H,25,29). The molecule has 2 heterocycles. The Hall–Kier alpha value is -2.97. The van der Waals surface area contributed by atoms with Crippen LogP contribution in [-0.2, 0) is 21.4 Å². The Morgan fingerprint density at radius 1 is 1.03 bits per heavy atom. The molecule has 0 spiro atoms. The number of piperidine rings is 1. The Morgan fingerprint density at radius 3 is 2.34 bits per heavy atom. The molecular weight excluding hydrogens is 426 g/mol. The van der Waals surface area contributed by atoms with Crippen LogP contribution in [0, 0.1) is 5.92 Å². The van der Waals surface area contributed by atoms with Crippen LogP contribution >= 0.6 is 0 Å². The van der Waals surface area contributed by atoms with E-state index in [-0.39, 0.29) is 35.6 Å². The molecule has 1 saturated heterocycles. The van der Waals surface area contributed by atoms with Gasteiger partial charge in [-0.05, 0) is 63.1 Å². The van der Waals surface area contributed by atoms with Crippen LogP contribution < -0.4 is 5.32 Å². The van der Waals surface area contributed by atoms with Gasteiger partial charge in [-0.2, -0.15) is 4.31 Å². The van der Waals surface area contributed by atoms with E-state index in [1.807, 2.05) is 30.5 Å². The number of carbonyl (C=O) groups is 2. The van der Waals surface area contributed by atoms with Gasteiger partial charge < -0.3 is 9.88 Å². The summed E-state index contributed by atoms with van der Waals surface area (Å²) in [4.78, 5) is 24.4. The zero-order valence-corrected chi connectivity index (χ0v) is 19.1. The number of aromatic nitrogens is 1. The van der Waals surface area contributed by atoms with E-state index in [9.17, 15) is 18.0 Å². The van der Waals surface area contributed by atoms with Gasteiger partial charge in [-0.25, -0.2) is 8.42 Å². The number of ketones is 1. The Balaban J connectivity index is 1.38. The molecule has 0 radical (unpaired) electrons. The van der Waals surface area contributed by atoms with Crippen molar-refractivity contribution in [2.75, 3.05) is 18.4 Å². The van der Waals surface area contributed by atoms with E-state index in [0.717, 1.165) is 23.1 Å². The molecule has 0 saturated carbocycles. The number of rotatable bonds is 6. The molecule has 168 valence electrons. The molecule has 0 bridgehead atoms. The molecule has 1 aliphatic rings. The number of aryl methyl sites for hydroxylation is 1. The highest BCUT2D eigenvalue weighted by molar-refractivity contribution is 7.89. The van der Waals surface area contributed by atoms with Crippen LogP contribution in [0.5, 0.6) is 0 Å². The lowest BCUT2D eigenvalue weighted by molar-refractivity contribution is -0.120. The third kappa shape index (κ3) is 4.33. The van der Waals surface area contributed by atoms with Gasteiger partial charge in [0.25, 0.3) is 0 Å². The Bertz CT molecular complexity index is 1250. The van der Waals surface area contributed by atoms with Crippen LogP contribution in [0.1, 0.15) is 37.0 Å². The van der Waals surface area contributed by atoms with Crippen molar-refractivity contribution in [3.05, 3.63) is 60.3 Å². The third-order valence-corrected chi connectivity index (χ3v) is 8.02. The van der Waals surface area contributed by atoms with Crippen LogP contribution in [0.4, 0.5) is 5.69 Å². The normalized spacial score (nSPS) is 15.7. The number of fused-ring (bicyclic) bond motifs is 1. The number of benzene rings is 2. The predicted molar refractivity (Wildman–Crippen MR) is 124 cm³/mol. The Kier molecular flexibility index (Phi) is 6.17. The number of Topliss-reactive ketones (excluding diaryl/α,β-unsaturated/α-hetero) is 1. The molecular formula is C24H27N3O4S. The van der Waals surface area contributed by atoms with Gasteiger partial charge in [-0.1, -0.05) is 12.1 Å². The second-order valence-corrected chi connectivity index (χ2v) is 10.1. The number of nitrogens with one attached hydrogen (secondary N) is 1. The van der Waals surface area contributed by atoms with Crippen LogP contribution in [0.25, 0.3) is 10.9 Å². The molecule has 0 aliphatic carbocycles. The number of amides is 1. The van der Waals surface area contributed by atoms with Gasteiger partial charge in [0.1, 0.15) is 0 Å². The minimum absolute atomic E-state index is 0.0814. The molecule has 1 N–H and O–H groups in total. The van der Waals surface area contributed by atoms with Crippen molar-refractivity contribution >= 4 is 38.3 Å². The Labute approximate surface area is 188 Å². The minimum Gasteiger partial charge on any atom is -0.348 e. The lowest BCUT2D eigenvalue weighted by atomic mass is 9.97. The van der Waals surface area contributed by atoms with Crippen LogP contribution in [0.15, 0.2) is 59.6 Å². The van der Waals surface area contributed by atoms with E-state index in [4.69, 9.17) is 0 Å². The first-order valence-corrected chi connectivity index (χ1v) is 12.2. The van der Waals surface area contributed by atoms with E-state index >= 15 is 0 Å². The fourth-order valence-electron chi connectivity index (χ4n) is 4.17. The number of anilines is 1. The molecule has 1 aliphatic heterocycles. The van der Waals surface area contributed by atoms with Gasteiger partial charge in [0.2, 0.25) is 15.9 Å². The quantitative estimate of drug-likeness (QED) is 0.573. The summed E-state index contributed by atoms with van der Waals surface area (Å²) < 4.78 is 29.4. The summed E-state index contributed by atoms with van der Waals surface area (Å²) in [6.45, 7) is 4.99. The van der Waals surface area contributed by atoms with Crippen LogP contribution in [0.2, 0.25) is 0 Å². The molecule has 8 heteroatoms. The first kappa shape index (κ1) is 22.2. The second-order valence-electron chi connectivity index (χ2n) is 8.12. The van der Waals surface area contributed by atoms with Gasteiger partial charge in [0, 0.05) is 53.9 Å². The molecule has 0 atom stereocenters. The van der Waals surface area contributed by atoms with E-state index in [0.29, 0.717) is 18.4 Å². The van der Waals surface area contributed by atoms with Crippen LogP contribution in [-0.4, -0.2) is 42.1 Å². The number of hydrogen-bond donors (Lipinski definition) is 1. The first-order valence-electron chi connectivity index (χ1n) is 10.8. The monoisotopic (exact) mass is 453 g/mol. The molecule has 0 unspecified atom stereocenters. The molecule has 1 fully saturated rings. The van der Waals surface area contributed by atoms with Gasteiger partial charge in [0.15, 0.2) is 5.78 Å². The molecule has 4 rings (SSSR count). The fraction of sp³-hybridized carbons (Fsp3) is 0.333. The first-order chi connectivity index (χ1) is 15.3. The molecule has 32 heavy (non-hydrogen) atoms. The van der Waals surface area contributed by atoms with Crippen molar-refractivity contribution in [3.8, 4) is 0 Å². The van der Waals surface area contributed by atoms with E-state index in [1.54, 1.807) is 0 Å². The zero-order chi connectivity index (χ0) is 22.9. The number of carbonyl (C=O) groups excluding carboxylic acids is 2. The number of sulfonamides is 1. The van der Waals surface area contributed by atoms with Crippen molar-refractivity contribution in [1.29, 1.82) is 0 Å². The highest BCUT2D eigenvalue weighted by Gasteiger charge is 2.32. The zero-order valence-electron chi connectivity index (χ0n) is 18.2. The van der Waals surface area contributed by atoms with Crippen molar-refractivity contribution in [2.24, 2.45) is 5.92 Å². The van der Waals surface area contributed by atoms with Gasteiger partial charge in [0.05, 0.1) is 4.90 Å². The summed E-state index contributed by atoms with van der Waals surface area (Å²) in [5.74, 6) is -0.428. The second kappa shape index (κ2) is 8.88. The topological polar surface area (TPSA) is 88.5 Å². The molecule has 7 nitrogen and oxygen atoms in total. The van der Waals surface area contributed by atoms with Crippen molar-refractivity contribution in [2.45, 2.75) is 38.1 Å². The summed E-state index contributed by atoms with van der Waals surface area (Å²) in [6, 6.07) is 13.9. The number of nitrogens with zero attached hydrogens (tertiary/aromatic N) is 2. The van der Waals surface area contributed by atoms with E-state index in [2.05, 4.69) is 16.8 Å². The van der Waals surface area contributed by atoms with E-state index in [1.165, 1.54) is 35.5 Å². The number of hydrogen-bond acceptors (Lipinski definition) is 4. The maximum absolute atomic E-state index is 12.9. The van der Waals surface area contributed by atoms with Crippen molar-refractivity contribution in [1.82, 2.24) is 8.87 Å². The summed E-state index contributed by atoms with van der Waals surface area (Å²) >= 11 is 0. The average Bonchev–Trinajstić information content (AvgIpc) is 3.21. The predicted octanol–water partition coefficient (Wildman–Crippen LogP) is 3.90. The maximum atomic E-state index is 12.9. The molecule has 1 aromatic heterocycles. The van der Waals surface area contributed by atoms with Crippen molar-refractivity contribution < 1.29 is 18.0 Å². The largest absolute Gasteiger partial charge is 0.348 e.